The summed E-state index contributed by atoms with van der Waals surface area (Å²) in [5.41, 5.74) is 0. The molecule has 34 heavy (non-hydrogen) atoms. The van der Waals surface area contributed by atoms with Crippen molar-refractivity contribution in [3.8, 4) is 0 Å². The van der Waals surface area contributed by atoms with E-state index in [4.69, 9.17) is 16.3 Å². The lowest BCUT2D eigenvalue weighted by Gasteiger charge is -2.39. The number of aliphatic hydroxyl groups excluding tert-OH is 2. The predicted octanol–water partition coefficient (Wildman–Crippen LogP) is -1.45. The van der Waals surface area contributed by atoms with E-state index in [1.165, 1.54) is 19.3 Å². The van der Waals surface area contributed by atoms with Crippen molar-refractivity contribution in [3.05, 3.63) is 0 Å². The van der Waals surface area contributed by atoms with Crippen molar-refractivity contribution in [2.24, 2.45) is 0 Å². The number of hydrogen-bond acceptors (Lipinski definition) is 7. The zero-order valence-corrected chi connectivity index (χ0v) is 21.3. The molecule has 0 aromatic heterocycles. The van der Waals surface area contributed by atoms with E-state index in [1.54, 1.807) is 4.90 Å². The first-order valence-corrected chi connectivity index (χ1v) is 14.7. The van der Waals surface area contributed by atoms with Crippen LogP contribution in [0.15, 0.2) is 0 Å². The number of nitrogens with two attached hydrogens (primary N) is 1. The Balaban J connectivity index is 1.22. The molecule has 4 fully saturated rings. The summed E-state index contributed by atoms with van der Waals surface area (Å²) in [6.45, 7) is 3.97. The highest BCUT2D eigenvalue weighted by Gasteiger charge is 2.44. The molecular formula is C22H40ClN4O6S+. The standard InChI is InChI=1S/C22H39ClN4O6S/c23-15-4-6-16(7-5-15)34(31,32)25-14-18-22(30)21(29)17(33-18)13-20(28)27-11-9-26(10-12-27)19-3-1-2-8-24-19/h15-19,21-22,24-25,29-30H,1-14H2/p+1/t15?,16?,17-,18-,19?,21+,22-/m1/s1. The zero-order chi connectivity index (χ0) is 24.3. The van der Waals surface area contributed by atoms with Crippen LogP contribution in [0, 0.1) is 0 Å². The summed E-state index contributed by atoms with van der Waals surface area (Å²) in [5.74, 6) is -0.109. The molecule has 3 aliphatic heterocycles. The normalized spacial score (nSPS) is 38.2. The van der Waals surface area contributed by atoms with E-state index >= 15 is 0 Å². The molecule has 0 bridgehead atoms. The Bertz CT molecular complexity index is 782. The van der Waals surface area contributed by atoms with Crippen LogP contribution in [0.5, 0.6) is 0 Å². The second-order valence-corrected chi connectivity index (χ2v) is 12.8. The third kappa shape index (κ3) is 6.42. The Hall–Kier alpha value is -0.530. The quantitative estimate of drug-likeness (QED) is 0.300. The Morgan fingerprint density at radius 1 is 1.00 bits per heavy atom. The molecule has 0 aromatic carbocycles. The summed E-state index contributed by atoms with van der Waals surface area (Å²) < 4.78 is 33.5. The van der Waals surface area contributed by atoms with Gasteiger partial charge in [-0.2, -0.15) is 0 Å². The SMILES string of the molecule is O=C(C[C@H]1O[C@H](CNS(=O)(=O)C2CCC(Cl)CC2)[C@@H](O)[C@H]1O)N1CCN(C2CCCC[NH2+]2)CC1. The Kier molecular flexibility index (Phi) is 9.11. The fourth-order valence-electron chi connectivity index (χ4n) is 5.67. The number of quaternary nitrogens is 1. The summed E-state index contributed by atoms with van der Waals surface area (Å²) >= 11 is 6.07. The first-order chi connectivity index (χ1) is 16.2. The van der Waals surface area contributed by atoms with E-state index in [9.17, 15) is 23.4 Å². The van der Waals surface area contributed by atoms with Crippen molar-refractivity contribution in [1.82, 2.24) is 14.5 Å². The van der Waals surface area contributed by atoms with Crippen LogP contribution in [0.25, 0.3) is 0 Å². The lowest BCUT2D eigenvalue weighted by atomic mass is 10.00. The number of hydrogen-bond donors (Lipinski definition) is 4. The van der Waals surface area contributed by atoms with Gasteiger partial charge in [-0.1, -0.05) is 0 Å². The van der Waals surface area contributed by atoms with E-state index < -0.39 is 39.7 Å². The lowest BCUT2D eigenvalue weighted by Crippen LogP contribution is -2.95. The van der Waals surface area contributed by atoms with Gasteiger partial charge in [0, 0.05) is 44.5 Å². The van der Waals surface area contributed by atoms with Crippen molar-refractivity contribution in [2.75, 3.05) is 39.3 Å². The Morgan fingerprint density at radius 2 is 1.68 bits per heavy atom. The van der Waals surface area contributed by atoms with Crippen LogP contribution >= 0.6 is 11.6 Å². The van der Waals surface area contributed by atoms with E-state index in [2.05, 4.69) is 14.9 Å². The van der Waals surface area contributed by atoms with E-state index in [1.807, 2.05) is 0 Å². The second-order valence-electron chi connectivity index (χ2n) is 10.2. The molecule has 0 spiro atoms. The van der Waals surface area contributed by atoms with Crippen LogP contribution in [0.4, 0.5) is 0 Å². The summed E-state index contributed by atoms with van der Waals surface area (Å²) in [5, 5.41) is 22.8. The molecule has 3 heterocycles. The molecule has 12 heteroatoms. The van der Waals surface area contributed by atoms with Crippen molar-refractivity contribution in [2.45, 2.75) is 92.6 Å². The van der Waals surface area contributed by atoms with Crippen LogP contribution < -0.4 is 10.0 Å². The van der Waals surface area contributed by atoms with Crippen molar-refractivity contribution in [1.29, 1.82) is 0 Å². The van der Waals surface area contributed by atoms with Gasteiger partial charge in [0.2, 0.25) is 15.9 Å². The molecule has 0 radical (unpaired) electrons. The van der Waals surface area contributed by atoms with Gasteiger partial charge in [-0.3, -0.25) is 9.69 Å². The van der Waals surface area contributed by atoms with Gasteiger partial charge in [-0.25, -0.2) is 13.1 Å². The molecule has 4 rings (SSSR count). The summed E-state index contributed by atoms with van der Waals surface area (Å²) in [7, 11) is -3.57. The highest BCUT2D eigenvalue weighted by Crippen LogP contribution is 2.28. The number of sulfonamides is 1. The molecule has 1 saturated carbocycles. The number of carbonyl (C=O) groups excluding carboxylic acids is 1. The van der Waals surface area contributed by atoms with Gasteiger partial charge in [0.15, 0.2) is 0 Å². The average molecular weight is 524 g/mol. The number of nitrogens with zero attached hydrogens (tertiary/aromatic N) is 2. The van der Waals surface area contributed by atoms with Crippen LogP contribution in [0.1, 0.15) is 51.4 Å². The summed E-state index contributed by atoms with van der Waals surface area (Å²) in [4.78, 5) is 17.1. The largest absolute Gasteiger partial charge is 0.388 e. The van der Waals surface area contributed by atoms with Gasteiger partial charge in [-0.05, 0) is 38.5 Å². The van der Waals surface area contributed by atoms with Crippen LogP contribution in [-0.2, 0) is 19.6 Å². The highest BCUT2D eigenvalue weighted by molar-refractivity contribution is 7.90. The van der Waals surface area contributed by atoms with Gasteiger partial charge >= 0.3 is 0 Å². The number of rotatable bonds is 7. The van der Waals surface area contributed by atoms with Crippen LogP contribution in [0.2, 0.25) is 0 Å². The third-order valence-electron chi connectivity index (χ3n) is 7.89. The molecule has 10 nitrogen and oxygen atoms in total. The van der Waals surface area contributed by atoms with Crippen molar-refractivity contribution < 1.29 is 33.5 Å². The number of ether oxygens (including phenoxy) is 1. The fourth-order valence-corrected chi connectivity index (χ4v) is 7.45. The summed E-state index contributed by atoms with van der Waals surface area (Å²) in [6.07, 6.45) is 2.28. The fraction of sp³-hybridized carbons (Fsp3) is 0.955. The molecule has 196 valence electrons. The molecule has 4 aliphatic rings. The van der Waals surface area contributed by atoms with Gasteiger partial charge in [-0.15, -0.1) is 11.6 Å². The average Bonchev–Trinajstić information content (AvgIpc) is 3.11. The molecule has 5 atom stereocenters. The van der Waals surface area contributed by atoms with E-state index in [0.717, 1.165) is 19.6 Å². The maximum Gasteiger partial charge on any atom is 0.225 e. The number of carbonyl (C=O) groups is 1. The number of piperidine rings is 1. The number of piperazine rings is 1. The van der Waals surface area contributed by atoms with Crippen molar-refractivity contribution in [3.63, 3.8) is 0 Å². The number of nitrogens with one attached hydrogen (secondary N) is 1. The van der Waals surface area contributed by atoms with E-state index in [0.29, 0.717) is 44.9 Å². The summed E-state index contributed by atoms with van der Waals surface area (Å²) in [6, 6.07) is 0. The third-order valence-corrected chi connectivity index (χ3v) is 10.2. The zero-order valence-electron chi connectivity index (χ0n) is 19.7. The first kappa shape index (κ1) is 26.5. The molecule has 5 N–H and O–H groups in total. The molecular weight excluding hydrogens is 484 g/mol. The van der Waals surface area contributed by atoms with Gasteiger partial charge in [0.05, 0.1) is 24.3 Å². The Labute approximate surface area is 207 Å². The van der Waals surface area contributed by atoms with Crippen LogP contribution in [-0.4, -0.2) is 115 Å². The highest BCUT2D eigenvalue weighted by atomic mass is 35.5. The number of halogens is 1. The first-order valence-electron chi connectivity index (χ1n) is 12.7. The smallest absolute Gasteiger partial charge is 0.225 e. The molecule has 3 saturated heterocycles. The minimum Gasteiger partial charge on any atom is -0.388 e. The number of alkyl halides is 1. The maximum absolute atomic E-state index is 12.9. The monoisotopic (exact) mass is 523 g/mol. The molecule has 1 amide bonds. The Morgan fingerprint density at radius 3 is 2.32 bits per heavy atom. The minimum atomic E-state index is -3.57. The molecule has 1 aliphatic carbocycles. The topological polar surface area (TPSA) is 136 Å². The van der Waals surface area contributed by atoms with Gasteiger partial charge in [0.25, 0.3) is 0 Å². The van der Waals surface area contributed by atoms with Gasteiger partial charge < -0.3 is 25.2 Å². The number of aliphatic hydroxyl groups is 2. The second kappa shape index (κ2) is 11.7. The number of amides is 1. The minimum absolute atomic E-state index is 0.0217. The van der Waals surface area contributed by atoms with E-state index in [-0.39, 0.29) is 24.2 Å². The maximum atomic E-state index is 12.9. The van der Waals surface area contributed by atoms with Crippen molar-refractivity contribution >= 4 is 27.5 Å². The molecule has 0 aromatic rings. The van der Waals surface area contributed by atoms with Crippen LogP contribution in [0.3, 0.4) is 0 Å². The lowest BCUT2D eigenvalue weighted by molar-refractivity contribution is -0.717. The van der Waals surface area contributed by atoms with Gasteiger partial charge in [0.1, 0.15) is 24.5 Å². The predicted molar refractivity (Wildman–Crippen MR) is 127 cm³/mol. The molecule has 1 unspecified atom stereocenters.